The number of hydrogen-bond acceptors (Lipinski definition) is 5. The molecule has 4 nitrogen and oxygen atoms in total. The maximum atomic E-state index is 5.71. The van der Waals surface area contributed by atoms with Gasteiger partial charge in [0.25, 0.3) is 0 Å². The summed E-state index contributed by atoms with van der Waals surface area (Å²) in [6.07, 6.45) is 1.50. The molecule has 0 aliphatic heterocycles. The Kier molecular flexibility index (Phi) is 1.74. The van der Waals surface area contributed by atoms with Crippen LogP contribution >= 0.6 is 22.9 Å². The van der Waals surface area contributed by atoms with E-state index in [4.69, 9.17) is 21.8 Å². The van der Waals surface area contributed by atoms with Gasteiger partial charge in [0, 0.05) is 0 Å². The normalized spacial score (nSPS) is 10.4. The number of aromatic nitrogens is 2. The van der Waals surface area contributed by atoms with E-state index in [1.54, 1.807) is 6.07 Å². The SMILES string of the molecule is Nc1nnc(-c2ccoc2Cl)s1. The molecule has 0 atom stereocenters. The smallest absolute Gasteiger partial charge is 0.203 e. The van der Waals surface area contributed by atoms with Crippen molar-refractivity contribution >= 4 is 28.1 Å². The minimum atomic E-state index is 0.311. The van der Waals surface area contributed by atoms with Crippen LogP contribution in [0.15, 0.2) is 16.7 Å². The van der Waals surface area contributed by atoms with E-state index < -0.39 is 0 Å². The first-order chi connectivity index (χ1) is 5.77. The molecule has 6 heteroatoms. The third-order valence-electron chi connectivity index (χ3n) is 1.29. The average molecular weight is 202 g/mol. The molecular weight excluding hydrogens is 198 g/mol. The number of furan rings is 1. The van der Waals surface area contributed by atoms with Crippen LogP contribution in [0.5, 0.6) is 0 Å². The first-order valence-corrected chi connectivity index (χ1v) is 4.29. The van der Waals surface area contributed by atoms with E-state index in [1.807, 2.05) is 0 Å². The van der Waals surface area contributed by atoms with Gasteiger partial charge in [0.1, 0.15) is 0 Å². The van der Waals surface area contributed by atoms with Gasteiger partial charge in [-0.3, -0.25) is 0 Å². The fraction of sp³-hybridized carbons (Fsp3) is 0. The number of nitrogen functional groups attached to an aromatic ring is 1. The van der Waals surface area contributed by atoms with Crippen molar-refractivity contribution in [2.75, 3.05) is 5.73 Å². The van der Waals surface area contributed by atoms with Crippen LogP contribution in [0.2, 0.25) is 5.22 Å². The summed E-state index contributed by atoms with van der Waals surface area (Å²) in [5.74, 6) is 0. The van der Waals surface area contributed by atoms with Crippen LogP contribution in [0.4, 0.5) is 5.13 Å². The van der Waals surface area contributed by atoms with Gasteiger partial charge in [0.15, 0.2) is 5.01 Å². The highest BCUT2D eigenvalue weighted by Gasteiger charge is 2.10. The van der Waals surface area contributed by atoms with Gasteiger partial charge in [-0.2, -0.15) is 0 Å². The van der Waals surface area contributed by atoms with Gasteiger partial charge in [-0.15, -0.1) is 10.2 Å². The zero-order valence-corrected chi connectivity index (χ0v) is 7.39. The fourth-order valence-electron chi connectivity index (χ4n) is 0.790. The highest BCUT2D eigenvalue weighted by atomic mass is 35.5. The van der Waals surface area contributed by atoms with Crippen molar-refractivity contribution in [2.24, 2.45) is 0 Å². The van der Waals surface area contributed by atoms with Crippen LogP contribution in [0.3, 0.4) is 0 Å². The van der Waals surface area contributed by atoms with Gasteiger partial charge in [0.05, 0.1) is 11.8 Å². The lowest BCUT2D eigenvalue weighted by Crippen LogP contribution is -1.79. The number of anilines is 1. The Morgan fingerprint density at radius 1 is 1.50 bits per heavy atom. The molecule has 62 valence electrons. The number of nitrogens with two attached hydrogens (primary N) is 1. The Morgan fingerprint density at radius 3 is 2.83 bits per heavy atom. The van der Waals surface area contributed by atoms with E-state index in [1.165, 1.54) is 17.6 Å². The van der Waals surface area contributed by atoms with Crippen LogP contribution in [-0.2, 0) is 0 Å². The monoisotopic (exact) mass is 201 g/mol. The van der Waals surface area contributed by atoms with Gasteiger partial charge >= 0.3 is 0 Å². The van der Waals surface area contributed by atoms with Crippen molar-refractivity contribution in [1.82, 2.24) is 10.2 Å². The second-order valence-corrected chi connectivity index (χ2v) is 3.41. The number of nitrogens with zero attached hydrogens (tertiary/aromatic N) is 2. The van der Waals surface area contributed by atoms with E-state index in [2.05, 4.69) is 10.2 Å². The summed E-state index contributed by atoms with van der Waals surface area (Å²) in [5, 5.41) is 8.88. The van der Waals surface area contributed by atoms with E-state index in [-0.39, 0.29) is 0 Å². The summed E-state index contributed by atoms with van der Waals surface area (Å²) < 4.78 is 4.89. The summed E-state index contributed by atoms with van der Waals surface area (Å²) in [6, 6.07) is 1.72. The topological polar surface area (TPSA) is 64.9 Å². The number of halogens is 1. The van der Waals surface area contributed by atoms with E-state index in [0.29, 0.717) is 15.4 Å². The lowest BCUT2D eigenvalue weighted by Gasteiger charge is -1.85. The van der Waals surface area contributed by atoms with Crippen LogP contribution < -0.4 is 5.73 Å². The molecular formula is C6H4ClN3OS. The Hall–Kier alpha value is -1.07. The summed E-state index contributed by atoms with van der Waals surface area (Å²) in [5.41, 5.74) is 6.13. The summed E-state index contributed by atoms with van der Waals surface area (Å²) >= 11 is 6.99. The van der Waals surface area contributed by atoms with E-state index in [0.717, 1.165) is 5.56 Å². The zero-order valence-electron chi connectivity index (χ0n) is 5.82. The van der Waals surface area contributed by atoms with Gasteiger partial charge in [-0.1, -0.05) is 11.3 Å². The maximum Gasteiger partial charge on any atom is 0.203 e. The molecule has 2 rings (SSSR count). The maximum absolute atomic E-state index is 5.71. The molecule has 2 N–H and O–H groups in total. The fourth-order valence-corrected chi connectivity index (χ4v) is 1.68. The minimum absolute atomic E-state index is 0.311. The van der Waals surface area contributed by atoms with Gasteiger partial charge < -0.3 is 10.2 Å². The molecule has 2 aromatic heterocycles. The van der Waals surface area contributed by atoms with Crippen LogP contribution in [-0.4, -0.2) is 10.2 Å². The Balaban J connectivity index is 2.50. The highest BCUT2D eigenvalue weighted by Crippen LogP contribution is 2.31. The summed E-state index contributed by atoms with van der Waals surface area (Å²) in [6.45, 7) is 0. The molecule has 0 spiro atoms. The number of rotatable bonds is 1. The van der Waals surface area contributed by atoms with Crippen LogP contribution in [0.25, 0.3) is 10.6 Å². The predicted octanol–water partition coefficient (Wildman–Crippen LogP) is 2.03. The summed E-state index contributed by atoms with van der Waals surface area (Å²) in [7, 11) is 0. The Bertz CT molecular complexity index is 397. The molecule has 0 aromatic carbocycles. The molecule has 0 radical (unpaired) electrons. The van der Waals surface area contributed by atoms with Gasteiger partial charge in [-0.05, 0) is 17.7 Å². The highest BCUT2D eigenvalue weighted by molar-refractivity contribution is 7.18. The molecule has 2 heterocycles. The average Bonchev–Trinajstić information content (AvgIpc) is 2.58. The third kappa shape index (κ3) is 1.17. The second kappa shape index (κ2) is 2.76. The molecule has 2 aromatic rings. The molecule has 0 saturated heterocycles. The van der Waals surface area contributed by atoms with Crippen molar-refractivity contribution < 1.29 is 4.42 Å². The lowest BCUT2D eigenvalue weighted by molar-refractivity contribution is 0.570. The number of hydrogen-bond donors (Lipinski definition) is 1. The predicted molar refractivity (Wildman–Crippen MR) is 47.0 cm³/mol. The zero-order chi connectivity index (χ0) is 8.55. The van der Waals surface area contributed by atoms with Crippen LogP contribution in [0, 0.1) is 0 Å². The Labute approximate surface area is 77.0 Å². The second-order valence-electron chi connectivity index (χ2n) is 2.05. The molecule has 12 heavy (non-hydrogen) atoms. The molecule has 0 saturated carbocycles. The molecule has 0 unspecified atom stereocenters. The largest absolute Gasteiger partial charge is 0.452 e. The van der Waals surface area contributed by atoms with Gasteiger partial charge in [-0.25, -0.2) is 0 Å². The molecule has 0 amide bonds. The van der Waals surface area contributed by atoms with Crippen molar-refractivity contribution in [3.63, 3.8) is 0 Å². The summed E-state index contributed by atoms with van der Waals surface area (Å²) in [4.78, 5) is 0. The van der Waals surface area contributed by atoms with Crippen molar-refractivity contribution in [3.05, 3.63) is 17.5 Å². The lowest BCUT2D eigenvalue weighted by atomic mass is 10.4. The van der Waals surface area contributed by atoms with Crippen molar-refractivity contribution in [1.29, 1.82) is 0 Å². The molecule has 0 aliphatic carbocycles. The Morgan fingerprint density at radius 2 is 2.33 bits per heavy atom. The molecule has 0 aliphatic rings. The molecule has 0 bridgehead atoms. The minimum Gasteiger partial charge on any atom is -0.452 e. The van der Waals surface area contributed by atoms with Gasteiger partial charge in [0.2, 0.25) is 10.4 Å². The third-order valence-corrected chi connectivity index (χ3v) is 2.37. The first kappa shape index (κ1) is 7.57. The quantitative estimate of drug-likeness (QED) is 0.767. The van der Waals surface area contributed by atoms with Crippen molar-refractivity contribution in [2.45, 2.75) is 0 Å². The van der Waals surface area contributed by atoms with Crippen molar-refractivity contribution in [3.8, 4) is 10.6 Å². The van der Waals surface area contributed by atoms with Crippen LogP contribution in [0.1, 0.15) is 0 Å². The first-order valence-electron chi connectivity index (χ1n) is 3.09. The van der Waals surface area contributed by atoms with E-state index >= 15 is 0 Å². The molecule has 0 fully saturated rings. The van der Waals surface area contributed by atoms with E-state index in [9.17, 15) is 0 Å². The standard InChI is InChI=1S/C6H4ClN3OS/c7-4-3(1-2-11-4)5-9-10-6(8)12-5/h1-2H,(H2,8,10).